The maximum atomic E-state index is 11.8. The zero-order chi connectivity index (χ0) is 11.5. The fourth-order valence-electron chi connectivity index (χ4n) is 1.81. The van der Waals surface area contributed by atoms with Gasteiger partial charge in [-0.2, -0.15) is 0 Å². The number of nitrogens with one attached hydrogen (secondary N) is 2. The predicted molar refractivity (Wildman–Crippen MR) is 64.0 cm³/mol. The van der Waals surface area contributed by atoms with Crippen molar-refractivity contribution in [3.05, 3.63) is 29.8 Å². The van der Waals surface area contributed by atoms with Crippen molar-refractivity contribution in [3.63, 3.8) is 0 Å². The van der Waals surface area contributed by atoms with Crippen molar-refractivity contribution in [3.8, 4) is 12.3 Å². The third kappa shape index (κ3) is 2.01. The molecule has 3 nitrogen and oxygen atoms in total. The van der Waals surface area contributed by atoms with Crippen molar-refractivity contribution in [2.75, 3.05) is 5.32 Å². The van der Waals surface area contributed by atoms with Crippen LogP contribution in [0.5, 0.6) is 0 Å². The van der Waals surface area contributed by atoms with Gasteiger partial charge in [0.2, 0.25) is 5.91 Å². The third-order valence-electron chi connectivity index (χ3n) is 2.70. The minimum absolute atomic E-state index is 0.0401. The van der Waals surface area contributed by atoms with Crippen LogP contribution < -0.4 is 10.6 Å². The van der Waals surface area contributed by atoms with Gasteiger partial charge in [0, 0.05) is 12.1 Å². The van der Waals surface area contributed by atoms with Crippen LogP contribution in [0.3, 0.4) is 0 Å². The molecule has 0 saturated heterocycles. The standard InChI is InChI=1S/C13H14N2O/c1-3-9(2)14-13(16)12-8-10-6-4-5-7-11(10)15-12/h1,4-7,9,12,15H,8H2,2H3,(H,14,16)/t9?,12-/m0/s1. The van der Waals surface area contributed by atoms with Crippen LogP contribution in [0, 0.1) is 12.3 Å². The van der Waals surface area contributed by atoms with Crippen molar-refractivity contribution in [2.45, 2.75) is 25.4 Å². The number of benzene rings is 1. The summed E-state index contributed by atoms with van der Waals surface area (Å²) in [6, 6.07) is 7.51. The van der Waals surface area contributed by atoms with Crippen molar-refractivity contribution in [1.29, 1.82) is 0 Å². The lowest BCUT2D eigenvalue weighted by atomic mass is 10.1. The highest BCUT2D eigenvalue weighted by Gasteiger charge is 2.26. The van der Waals surface area contributed by atoms with Gasteiger partial charge >= 0.3 is 0 Å². The summed E-state index contributed by atoms with van der Waals surface area (Å²) in [4.78, 5) is 11.8. The molecule has 1 heterocycles. The molecule has 1 aromatic rings. The molecule has 1 aliphatic rings. The smallest absolute Gasteiger partial charge is 0.243 e. The minimum Gasteiger partial charge on any atom is -0.373 e. The molecule has 0 fully saturated rings. The monoisotopic (exact) mass is 214 g/mol. The SMILES string of the molecule is C#CC(C)NC(=O)[C@@H]1Cc2ccccc2N1. The molecule has 0 aliphatic carbocycles. The lowest BCUT2D eigenvalue weighted by Crippen LogP contribution is -2.42. The fourth-order valence-corrected chi connectivity index (χ4v) is 1.81. The van der Waals surface area contributed by atoms with E-state index in [-0.39, 0.29) is 18.0 Å². The van der Waals surface area contributed by atoms with Crippen LogP contribution in [0.15, 0.2) is 24.3 Å². The van der Waals surface area contributed by atoms with E-state index in [2.05, 4.69) is 16.6 Å². The number of carbonyl (C=O) groups excluding carboxylic acids is 1. The summed E-state index contributed by atoms with van der Waals surface area (Å²) < 4.78 is 0. The Morgan fingerprint density at radius 1 is 1.62 bits per heavy atom. The van der Waals surface area contributed by atoms with Gasteiger partial charge in [-0.05, 0) is 18.6 Å². The summed E-state index contributed by atoms with van der Waals surface area (Å²) in [5, 5.41) is 5.95. The molecular weight excluding hydrogens is 200 g/mol. The quantitative estimate of drug-likeness (QED) is 0.725. The molecule has 3 heteroatoms. The van der Waals surface area contributed by atoms with Gasteiger partial charge in [-0.15, -0.1) is 6.42 Å². The summed E-state index contributed by atoms with van der Waals surface area (Å²) in [5.74, 6) is 2.44. The first-order valence-corrected chi connectivity index (χ1v) is 5.31. The normalized spacial score (nSPS) is 19.1. The second kappa shape index (κ2) is 4.28. The third-order valence-corrected chi connectivity index (χ3v) is 2.70. The van der Waals surface area contributed by atoms with Crippen LogP contribution in [0.1, 0.15) is 12.5 Å². The molecule has 2 atom stereocenters. The molecule has 0 radical (unpaired) electrons. The first kappa shape index (κ1) is 10.6. The minimum atomic E-state index is -0.224. The lowest BCUT2D eigenvalue weighted by Gasteiger charge is -2.13. The molecule has 2 rings (SSSR count). The van der Waals surface area contributed by atoms with E-state index in [9.17, 15) is 4.79 Å². The van der Waals surface area contributed by atoms with Crippen LogP contribution in [0.25, 0.3) is 0 Å². The summed E-state index contributed by atoms with van der Waals surface area (Å²) >= 11 is 0. The van der Waals surface area contributed by atoms with E-state index in [1.54, 1.807) is 6.92 Å². The molecule has 1 unspecified atom stereocenters. The van der Waals surface area contributed by atoms with Crippen LogP contribution >= 0.6 is 0 Å². The highest BCUT2D eigenvalue weighted by Crippen LogP contribution is 2.24. The maximum Gasteiger partial charge on any atom is 0.243 e. The van der Waals surface area contributed by atoms with E-state index in [4.69, 9.17) is 6.42 Å². The average Bonchev–Trinajstić information content (AvgIpc) is 2.72. The summed E-state index contributed by atoms with van der Waals surface area (Å²) in [5.41, 5.74) is 2.21. The van der Waals surface area contributed by atoms with E-state index in [0.717, 1.165) is 12.1 Å². The van der Waals surface area contributed by atoms with Gasteiger partial charge in [-0.3, -0.25) is 4.79 Å². The largest absolute Gasteiger partial charge is 0.373 e. The van der Waals surface area contributed by atoms with E-state index in [1.807, 2.05) is 24.3 Å². The van der Waals surface area contributed by atoms with Gasteiger partial charge < -0.3 is 10.6 Å². The number of amides is 1. The molecule has 0 bridgehead atoms. The number of anilines is 1. The van der Waals surface area contributed by atoms with Crippen molar-refractivity contribution in [2.24, 2.45) is 0 Å². The lowest BCUT2D eigenvalue weighted by molar-refractivity contribution is -0.121. The number of carbonyl (C=O) groups is 1. The Morgan fingerprint density at radius 2 is 2.38 bits per heavy atom. The Labute approximate surface area is 95.2 Å². The fraction of sp³-hybridized carbons (Fsp3) is 0.308. The van der Waals surface area contributed by atoms with E-state index < -0.39 is 0 Å². The van der Waals surface area contributed by atoms with E-state index in [1.165, 1.54) is 5.56 Å². The molecule has 2 N–H and O–H groups in total. The zero-order valence-electron chi connectivity index (χ0n) is 9.16. The maximum absolute atomic E-state index is 11.8. The van der Waals surface area contributed by atoms with Gasteiger partial charge in [0.05, 0.1) is 6.04 Å². The first-order chi connectivity index (χ1) is 7.70. The van der Waals surface area contributed by atoms with Crippen LogP contribution in [-0.2, 0) is 11.2 Å². The topological polar surface area (TPSA) is 41.1 Å². The van der Waals surface area contributed by atoms with Crippen molar-refractivity contribution < 1.29 is 4.79 Å². The number of para-hydroxylation sites is 1. The molecule has 0 spiro atoms. The number of hydrogen-bond donors (Lipinski definition) is 2. The van der Waals surface area contributed by atoms with Crippen molar-refractivity contribution in [1.82, 2.24) is 5.32 Å². The molecular formula is C13H14N2O. The molecule has 1 amide bonds. The predicted octanol–water partition coefficient (Wildman–Crippen LogP) is 1.16. The molecule has 82 valence electrons. The van der Waals surface area contributed by atoms with Gasteiger partial charge in [0.15, 0.2) is 0 Å². The Bertz CT molecular complexity index is 422. The van der Waals surface area contributed by atoms with Gasteiger partial charge in [0.1, 0.15) is 6.04 Å². The highest BCUT2D eigenvalue weighted by atomic mass is 16.2. The zero-order valence-corrected chi connectivity index (χ0v) is 9.16. The molecule has 1 aliphatic heterocycles. The van der Waals surface area contributed by atoms with Crippen molar-refractivity contribution >= 4 is 11.6 Å². The van der Waals surface area contributed by atoms with Gasteiger partial charge in [0.25, 0.3) is 0 Å². The van der Waals surface area contributed by atoms with E-state index in [0.29, 0.717) is 0 Å². The summed E-state index contributed by atoms with van der Waals surface area (Å²) in [6.45, 7) is 1.79. The molecule has 0 aromatic heterocycles. The van der Waals surface area contributed by atoms with Crippen LogP contribution in [0.4, 0.5) is 5.69 Å². The number of terminal acetylenes is 1. The van der Waals surface area contributed by atoms with Gasteiger partial charge in [-0.25, -0.2) is 0 Å². The van der Waals surface area contributed by atoms with Crippen LogP contribution in [-0.4, -0.2) is 18.0 Å². The first-order valence-electron chi connectivity index (χ1n) is 5.31. The van der Waals surface area contributed by atoms with E-state index >= 15 is 0 Å². The second-order valence-electron chi connectivity index (χ2n) is 3.96. The average molecular weight is 214 g/mol. The second-order valence-corrected chi connectivity index (χ2v) is 3.96. The number of hydrogen-bond acceptors (Lipinski definition) is 2. The van der Waals surface area contributed by atoms with Gasteiger partial charge in [-0.1, -0.05) is 24.1 Å². The summed E-state index contributed by atoms with van der Waals surface area (Å²) in [6.07, 6.45) is 5.94. The summed E-state index contributed by atoms with van der Waals surface area (Å²) in [7, 11) is 0. The Balaban J connectivity index is 2.01. The highest BCUT2D eigenvalue weighted by molar-refractivity contribution is 5.87. The molecule has 0 saturated carbocycles. The van der Waals surface area contributed by atoms with Crippen LogP contribution in [0.2, 0.25) is 0 Å². The molecule has 16 heavy (non-hydrogen) atoms. The molecule has 1 aromatic carbocycles. The Morgan fingerprint density at radius 3 is 3.06 bits per heavy atom. The Kier molecular flexibility index (Phi) is 2.82. The number of fused-ring (bicyclic) bond motifs is 1. The number of rotatable bonds is 2. The Hall–Kier alpha value is -1.95.